The second kappa shape index (κ2) is 6.25. The van der Waals surface area contributed by atoms with Crippen molar-refractivity contribution in [1.29, 1.82) is 0 Å². The van der Waals surface area contributed by atoms with Crippen LogP contribution in [0.3, 0.4) is 0 Å². The molecular weight excluding hydrogens is 218 g/mol. The lowest BCUT2D eigenvalue weighted by atomic mass is 9.96. The summed E-state index contributed by atoms with van der Waals surface area (Å²) in [4.78, 5) is 10.7. The average molecular weight is 237 g/mol. The molecule has 0 saturated heterocycles. The van der Waals surface area contributed by atoms with E-state index < -0.39 is 18.3 Å². The van der Waals surface area contributed by atoms with Crippen LogP contribution in [0.4, 0.5) is 4.79 Å². The topological polar surface area (TPSA) is 72.6 Å². The number of benzene rings is 1. The molecule has 1 aromatic carbocycles. The summed E-state index contributed by atoms with van der Waals surface area (Å²) in [5, 5.41) is 10.2. The van der Waals surface area contributed by atoms with Gasteiger partial charge in [0.2, 0.25) is 0 Å². The summed E-state index contributed by atoms with van der Waals surface area (Å²) in [5.41, 5.74) is 6.83. The predicted octanol–water partition coefficient (Wildman–Crippen LogP) is 2.16. The highest BCUT2D eigenvalue weighted by Crippen LogP contribution is 2.25. The fourth-order valence-corrected chi connectivity index (χ4v) is 1.87. The maximum absolute atomic E-state index is 10.7. The van der Waals surface area contributed by atoms with E-state index >= 15 is 0 Å². The lowest BCUT2D eigenvalue weighted by Crippen LogP contribution is -2.28. The highest BCUT2D eigenvalue weighted by atomic mass is 16.6. The summed E-state index contributed by atoms with van der Waals surface area (Å²) in [6.07, 6.45) is -0.948. The first kappa shape index (κ1) is 13.5. The fraction of sp³-hybridized carbons (Fsp3) is 0.462. The van der Waals surface area contributed by atoms with Crippen molar-refractivity contribution < 1.29 is 14.6 Å². The predicted molar refractivity (Wildman–Crippen MR) is 65.5 cm³/mol. The molecule has 2 atom stereocenters. The molecule has 0 fully saturated rings. The number of amides is 1. The molecule has 0 aliphatic carbocycles. The molecule has 1 amide bonds. The Morgan fingerprint density at radius 1 is 1.41 bits per heavy atom. The molecule has 1 rings (SSSR count). The number of ether oxygens (including phenoxy) is 1. The van der Waals surface area contributed by atoms with E-state index in [1.54, 1.807) is 0 Å². The number of hydrogen-bond acceptors (Lipinski definition) is 3. The molecule has 1 aromatic rings. The Bertz CT molecular complexity index is 379. The minimum absolute atomic E-state index is 0.516. The van der Waals surface area contributed by atoms with Crippen LogP contribution in [-0.2, 0) is 11.2 Å². The van der Waals surface area contributed by atoms with Gasteiger partial charge in [0.15, 0.2) is 0 Å². The number of aliphatic hydroxyl groups excluding tert-OH is 1. The van der Waals surface area contributed by atoms with Gasteiger partial charge < -0.3 is 15.6 Å². The van der Waals surface area contributed by atoms with Crippen LogP contribution < -0.4 is 5.73 Å². The quantitative estimate of drug-likeness (QED) is 0.824. The smallest absolute Gasteiger partial charge is 0.404 e. The van der Waals surface area contributed by atoms with E-state index in [1.807, 2.05) is 38.1 Å². The van der Waals surface area contributed by atoms with Crippen molar-refractivity contribution in [1.82, 2.24) is 0 Å². The lowest BCUT2D eigenvalue weighted by Gasteiger charge is -2.23. The Morgan fingerprint density at radius 2 is 2.06 bits per heavy atom. The summed E-state index contributed by atoms with van der Waals surface area (Å²) < 4.78 is 4.90. The lowest BCUT2D eigenvalue weighted by molar-refractivity contribution is 0.00297. The maximum atomic E-state index is 10.7. The molecule has 2 unspecified atom stereocenters. The number of aliphatic hydroxyl groups is 1. The number of hydrogen-bond donors (Lipinski definition) is 2. The molecule has 0 aliphatic rings. The molecule has 0 radical (unpaired) electrons. The summed E-state index contributed by atoms with van der Waals surface area (Å²) >= 11 is 0. The van der Waals surface area contributed by atoms with Crippen molar-refractivity contribution >= 4 is 6.09 Å². The average Bonchev–Trinajstić information content (AvgIpc) is 2.34. The molecule has 4 nitrogen and oxygen atoms in total. The number of primary amides is 1. The van der Waals surface area contributed by atoms with Crippen molar-refractivity contribution in [3.05, 3.63) is 35.4 Å². The minimum atomic E-state index is -0.857. The third-order valence-corrected chi connectivity index (χ3v) is 2.78. The van der Waals surface area contributed by atoms with Crippen LogP contribution in [-0.4, -0.2) is 17.3 Å². The Morgan fingerprint density at radius 3 is 2.59 bits per heavy atom. The molecule has 4 heteroatoms. The number of nitrogens with two attached hydrogens (primary N) is 1. The Balaban J connectivity index is 2.92. The molecule has 0 saturated carbocycles. The SMILES string of the molecule is CCc1ccccc1C(O)C(CC)OC(N)=O. The van der Waals surface area contributed by atoms with Gasteiger partial charge in [0.05, 0.1) is 0 Å². The zero-order valence-corrected chi connectivity index (χ0v) is 10.2. The molecule has 0 spiro atoms. The van der Waals surface area contributed by atoms with Gasteiger partial charge in [-0.05, 0) is 24.0 Å². The monoisotopic (exact) mass is 237 g/mol. The van der Waals surface area contributed by atoms with Crippen LogP contribution in [0.15, 0.2) is 24.3 Å². The third kappa shape index (κ3) is 3.46. The van der Waals surface area contributed by atoms with E-state index in [2.05, 4.69) is 0 Å². The molecular formula is C13H19NO3. The second-order valence-corrected chi connectivity index (χ2v) is 3.88. The minimum Gasteiger partial charge on any atom is -0.443 e. The van der Waals surface area contributed by atoms with Crippen molar-refractivity contribution in [2.24, 2.45) is 5.73 Å². The highest BCUT2D eigenvalue weighted by Gasteiger charge is 2.23. The summed E-state index contributed by atoms with van der Waals surface area (Å²) in [5.74, 6) is 0. The van der Waals surface area contributed by atoms with Gasteiger partial charge in [-0.2, -0.15) is 0 Å². The number of carbonyl (C=O) groups is 1. The van der Waals surface area contributed by atoms with E-state index in [0.29, 0.717) is 6.42 Å². The number of carbonyl (C=O) groups excluding carboxylic acids is 1. The Hall–Kier alpha value is -1.55. The third-order valence-electron chi connectivity index (χ3n) is 2.78. The van der Waals surface area contributed by atoms with Gasteiger partial charge in [0.1, 0.15) is 12.2 Å². The zero-order chi connectivity index (χ0) is 12.8. The zero-order valence-electron chi connectivity index (χ0n) is 10.2. The van der Waals surface area contributed by atoms with E-state index in [4.69, 9.17) is 10.5 Å². The summed E-state index contributed by atoms with van der Waals surface area (Å²) in [6.45, 7) is 3.85. The van der Waals surface area contributed by atoms with Crippen molar-refractivity contribution in [3.63, 3.8) is 0 Å². The first-order valence-corrected chi connectivity index (χ1v) is 5.82. The maximum Gasteiger partial charge on any atom is 0.404 e. The summed E-state index contributed by atoms with van der Waals surface area (Å²) in [6, 6.07) is 7.58. The van der Waals surface area contributed by atoms with Gasteiger partial charge in [-0.1, -0.05) is 38.1 Å². The Kier molecular flexibility index (Phi) is 4.97. The van der Waals surface area contributed by atoms with Gasteiger partial charge in [-0.25, -0.2) is 4.79 Å². The summed E-state index contributed by atoms with van der Waals surface area (Å²) in [7, 11) is 0. The van der Waals surface area contributed by atoms with Gasteiger partial charge >= 0.3 is 6.09 Å². The number of aryl methyl sites for hydroxylation is 1. The van der Waals surface area contributed by atoms with Crippen LogP contribution in [0.1, 0.15) is 37.5 Å². The van der Waals surface area contributed by atoms with Crippen LogP contribution >= 0.6 is 0 Å². The molecule has 94 valence electrons. The largest absolute Gasteiger partial charge is 0.443 e. The second-order valence-electron chi connectivity index (χ2n) is 3.88. The van der Waals surface area contributed by atoms with E-state index in [1.165, 1.54) is 0 Å². The molecule has 3 N–H and O–H groups in total. The van der Waals surface area contributed by atoms with Crippen molar-refractivity contribution in [2.75, 3.05) is 0 Å². The van der Waals surface area contributed by atoms with Crippen molar-refractivity contribution in [2.45, 2.75) is 38.9 Å². The van der Waals surface area contributed by atoms with Crippen LogP contribution in [0.2, 0.25) is 0 Å². The molecule has 0 aromatic heterocycles. The van der Waals surface area contributed by atoms with Crippen LogP contribution in [0.5, 0.6) is 0 Å². The van der Waals surface area contributed by atoms with E-state index in [0.717, 1.165) is 17.5 Å². The first-order chi connectivity index (χ1) is 8.10. The molecule has 17 heavy (non-hydrogen) atoms. The normalized spacial score (nSPS) is 14.1. The van der Waals surface area contributed by atoms with Gasteiger partial charge in [-0.3, -0.25) is 0 Å². The van der Waals surface area contributed by atoms with E-state index in [9.17, 15) is 9.90 Å². The van der Waals surface area contributed by atoms with Crippen molar-refractivity contribution in [3.8, 4) is 0 Å². The molecule has 0 aliphatic heterocycles. The molecule has 0 heterocycles. The van der Waals surface area contributed by atoms with E-state index in [-0.39, 0.29) is 0 Å². The fourth-order valence-electron chi connectivity index (χ4n) is 1.87. The van der Waals surface area contributed by atoms with Crippen LogP contribution in [0.25, 0.3) is 0 Å². The Labute approximate surface area is 101 Å². The van der Waals surface area contributed by atoms with Gasteiger partial charge in [0, 0.05) is 0 Å². The first-order valence-electron chi connectivity index (χ1n) is 5.82. The standard InChI is InChI=1S/C13H19NO3/c1-3-9-7-5-6-8-10(9)12(15)11(4-2)17-13(14)16/h5-8,11-12,15H,3-4H2,1-2H3,(H2,14,16). The van der Waals surface area contributed by atoms with Crippen LogP contribution in [0, 0.1) is 0 Å². The van der Waals surface area contributed by atoms with Gasteiger partial charge in [0.25, 0.3) is 0 Å². The highest BCUT2D eigenvalue weighted by molar-refractivity contribution is 5.64. The number of rotatable bonds is 5. The van der Waals surface area contributed by atoms with Gasteiger partial charge in [-0.15, -0.1) is 0 Å². The molecule has 0 bridgehead atoms.